The number of benzene rings is 1. The standard InChI is InChI=1S/C15H21FN2O/c1-12-7-10-18(11-8-12)15(19)17-9-6-13-2-4-14(16)5-3-13/h2-5,12H,6-11H2,1H3,(H,17,19). The molecule has 0 aromatic heterocycles. The number of halogens is 1. The molecule has 0 aliphatic carbocycles. The van der Waals surface area contributed by atoms with E-state index < -0.39 is 0 Å². The maximum Gasteiger partial charge on any atom is 0.317 e. The van der Waals surface area contributed by atoms with Gasteiger partial charge in [0.1, 0.15) is 5.82 Å². The van der Waals surface area contributed by atoms with Crippen molar-refractivity contribution in [1.29, 1.82) is 0 Å². The fraction of sp³-hybridized carbons (Fsp3) is 0.533. The Balaban J connectivity index is 1.70. The first kappa shape index (κ1) is 13.8. The van der Waals surface area contributed by atoms with Crippen molar-refractivity contribution >= 4 is 6.03 Å². The van der Waals surface area contributed by atoms with Gasteiger partial charge >= 0.3 is 6.03 Å². The second kappa shape index (κ2) is 6.55. The summed E-state index contributed by atoms with van der Waals surface area (Å²) in [6.45, 7) is 4.52. The molecule has 1 saturated heterocycles. The van der Waals surface area contributed by atoms with Crippen molar-refractivity contribution in [1.82, 2.24) is 10.2 Å². The maximum atomic E-state index is 12.7. The van der Waals surface area contributed by atoms with Gasteiger partial charge in [0.2, 0.25) is 0 Å². The molecule has 0 atom stereocenters. The number of nitrogens with one attached hydrogen (secondary N) is 1. The highest BCUT2D eigenvalue weighted by Crippen LogP contribution is 2.15. The fourth-order valence-corrected chi connectivity index (χ4v) is 2.29. The minimum Gasteiger partial charge on any atom is -0.338 e. The van der Waals surface area contributed by atoms with Gasteiger partial charge in [0.15, 0.2) is 0 Å². The van der Waals surface area contributed by atoms with E-state index in [1.54, 1.807) is 12.1 Å². The number of rotatable bonds is 3. The Morgan fingerprint density at radius 2 is 1.95 bits per heavy atom. The lowest BCUT2D eigenvalue weighted by atomic mass is 10.00. The first-order chi connectivity index (χ1) is 9.15. The normalized spacial score (nSPS) is 16.4. The summed E-state index contributed by atoms with van der Waals surface area (Å²) in [7, 11) is 0. The minimum absolute atomic E-state index is 0.0222. The van der Waals surface area contributed by atoms with Gasteiger partial charge in [-0.3, -0.25) is 0 Å². The van der Waals surface area contributed by atoms with E-state index in [1.807, 2.05) is 4.90 Å². The number of amides is 2. The first-order valence-corrected chi connectivity index (χ1v) is 6.92. The van der Waals surface area contributed by atoms with E-state index in [4.69, 9.17) is 0 Å². The number of carbonyl (C=O) groups excluding carboxylic acids is 1. The Labute approximate surface area is 113 Å². The summed E-state index contributed by atoms with van der Waals surface area (Å²) in [5.41, 5.74) is 1.04. The van der Waals surface area contributed by atoms with E-state index in [-0.39, 0.29) is 11.8 Å². The largest absolute Gasteiger partial charge is 0.338 e. The van der Waals surface area contributed by atoms with E-state index in [2.05, 4.69) is 12.2 Å². The predicted molar refractivity (Wildman–Crippen MR) is 73.5 cm³/mol. The van der Waals surface area contributed by atoms with E-state index in [1.165, 1.54) is 12.1 Å². The molecule has 4 heteroatoms. The van der Waals surface area contributed by atoms with Crippen LogP contribution in [0, 0.1) is 11.7 Å². The van der Waals surface area contributed by atoms with Crippen LogP contribution in [-0.2, 0) is 6.42 Å². The van der Waals surface area contributed by atoms with Crippen LogP contribution in [0.5, 0.6) is 0 Å². The Hall–Kier alpha value is -1.58. The maximum absolute atomic E-state index is 12.7. The van der Waals surface area contributed by atoms with Crippen molar-refractivity contribution < 1.29 is 9.18 Å². The molecule has 1 aliphatic rings. The third-order valence-corrected chi connectivity index (χ3v) is 3.67. The number of piperidine rings is 1. The van der Waals surface area contributed by atoms with Gasteiger partial charge in [-0.1, -0.05) is 19.1 Å². The molecular formula is C15H21FN2O. The molecule has 2 rings (SSSR count). The molecule has 1 aromatic rings. The quantitative estimate of drug-likeness (QED) is 0.894. The number of hydrogen-bond donors (Lipinski definition) is 1. The fourth-order valence-electron chi connectivity index (χ4n) is 2.29. The lowest BCUT2D eigenvalue weighted by molar-refractivity contribution is 0.174. The van der Waals surface area contributed by atoms with Crippen molar-refractivity contribution in [3.8, 4) is 0 Å². The SMILES string of the molecule is CC1CCN(C(=O)NCCc2ccc(F)cc2)CC1. The van der Waals surface area contributed by atoms with Gasteiger partial charge in [0, 0.05) is 19.6 Å². The molecule has 1 N–H and O–H groups in total. The molecule has 1 heterocycles. The van der Waals surface area contributed by atoms with Crippen molar-refractivity contribution in [2.75, 3.05) is 19.6 Å². The van der Waals surface area contributed by atoms with Gasteiger partial charge in [0.25, 0.3) is 0 Å². The first-order valence-electron chi connectivity index (χ1n) is 6.92. The predicted octanol–water partition coefficient (Wildman–Crippen LogP) is 2.81. The molecule has 0 spiro atoms. The minimum atomic E-state index is -0.227. The molecule has 19 heavy (non-hydrogen) atoms. The van der Waals surface area contributed by atoms with Crippen LogP contribution in [0.3, 0.4) is 0 Å². The zero-order valence-corrected chi connectivity index (χ0v) is 11.4. The van der Waals surface area contributed by atoms with Crippen molar-refractivity contribution in [2.24, 2.45) is 5.92 Å². The van der Waals surface area contributed by atoms with Crippen LogP contribution in [0.4, 0.5) is 9.18 Å². The van der Waals surface area contributed by atoms with E-state index in [0.29, 0.717) is 6.54 Å². The zero-order valence-electron chi connectivity index (χ0n) is 11.4. The molecule has 0 unspecified atom stereocenters. The summed E-state index contributed by atoms with van der Waals surface area (Å²) >= 11 is 0. The van der Waals surface area contributed by atoms with Crippen LogP contribution in [0.1, 0.15) is 25.3 Å². The van der Waals surface area contributed by atoms with Gasteiger partial charge in [0.05, 0.1) is 0 Å². The van der Waals surface area contributed by atoms with Crippen LogP contribution < -0.4 is 5.32 Å². The summed E-state index contributed by atoms with van der Waals surface area (Å²) in [4.78, 5) is 13.8. The molecule has 0 bridgehead atoms. The Bertz CT molecular complexity index is 411. The van der Waals surface area contributed by atoms with Crippen molar-refractivity contribution in [3.05, 3.63) is 35.6 Å². The molecule has 0 saturated carbocycles. The van der Waals surface area contributed by atoms with E-state index in [9.17, 15) is 9.18 Å². The molecule has 3 nitrogen and oxygen atoms in total. The number of hydrogen-bond acceptors (Lipinski definition) is 1. The van der Waals surface area contributed by atoms with Gasteiger partial charge in [-0.15, -0.1) is 0 Å². The highest BCUT2D eigenvalue weighted by Gasteiger charge is 2.19. The highest BCUT2D eigenvalue weighted by molar-refractivity contribution is 5.74. The van der Waals surface area contributed by atoms with Gasteiger partial charge < -0.3 is 10.2 Å². The Morgan fingerprint density at radius 1 is 1.32 bits per heavy atom. The van der Waals surface area contributed by atoms with Crippen LogP contribution in [-0.4, -0.2) is 30.6 Å². The Morgan fingerprint density at radius 3 is 2.58 bits per heavy atom. The molecule has 1 fully saturated rings. The lowest BCUT2D eigenvalue weighted by Crippen LogP contribution is -2.44. The monoisotopic (exact) mass is 264 g/mol. The summed E-state index contributed by atoms with van der Waals surface area (Å²) in [5.74, 6) is 0.499. The van der Waals surface area contributed by atoms with Crippen LogP contribution in [0.15, 0.2) is 24.3 Å². The highest BCUT2D eigenvalue weighted by atomic mass is 19.1. The van der Waals surface area contributed by atoms with E-state index >= 15 is 0 Å². The molecule has 2 amide bonds. The third kappa shape index (κ3) is 4.23. The number of likely N-dealkylation sites (tertiary alicyclic amines) is 1. The number of urea groups is 1. The van der Waals surface area contributed by atoms with Gasteiger partial charge in [-0.25, -0.2) is 9.18 Å². The van der Waals surface area contributed by atoms with Crippen LogP contribution in [0.25, 0.3) is 0 Å². The van der Waals surface area contributed by atoms with Crippen LogP contribution >= 0.6 is 0 Å². The van der Waals surface area contributed by atoms with E-state index in [0.717, 1.165) is 43.8 Å². The topological polar surface area (TPSA) is 32.3 Å². The molecule has 0 radical (unpaired) electrons. The summed E-state index contributed by atoms with van der Waals surface area (Å²) in [6.07, 6.45) is 2.91. The summed E-state index contributed by atoms with van der Waals surface area (Å²) in [6, 6.07) is 6.43. The molecular weight excluding hydrogens is 243 g/mol. The zero-order chi connectivity index (χ0) is 13.7. The van der Waals surface area contributed by atoms with Crippen molar-refractivity contribution in [2.45, 2.75) is 26.2 Å². The third-order valence-electron chi connectivity index (χ3n) is 3.67. The molecule has 1 aliphatic heterocycles. The lowest BCUT2D eigenvalue weighted by Gasteiger charge is -2.30. The number of nitrogens with zero attached hydrogens (tertiary/aromatic N) is 1. The second-order valence-electron chi connectivity index (χ2n) is 5.28. The summed E-state index contributed by atoms with van der Waals surface area (Å²) in [5, 5.41) is 2.92. The van der Waals surface area contributed by atoms with Gasteiger partial charge in [-0.2, -0.15) is 0 Å². The second-order valence-corrected chi connectivity index (χ2v) is 5.28. The average molecular weight is 264 g/mol. The Kier molecular flexibility index (Phi) is 4.77. The molecule has 1 aromatic carbocycles. The van der Waals surface area contributed by atoms with Crippen LogP contribution in [0.2, 0.25) is 0 Å². The number of carbonyl (C=O) groups is 1. The molecule has 104 valence electrons. The van der Waals surface area contributed by atoms with Crippen molar-refractivity contribution in [3.63, 3.8) is 0 Å². The average Bonchev–Trinajstić information content (AvgIpc) is 2.41. The smallest absolute Gasteiger partial charge is 0.317 e. The van der Waals surface area contributed by atoms with Gasteiger partial charge in [-0.05, 0) is 42.9 Å². The summed E-state index contributed by atoms with van der Waals surface area (Å²) < 4.78 is 12.7.